The molecule has 124 valence electrons. The van der Waals surface area contributed by atoms with Crippen LogP contribution in [0.3, 0.4) is 0 Å². The van der Waals surface area contributed by atoms with Crippen molar-refractivity contribution in [2.75, 3.05) is 0 Å². The van der Waals surface area contributed by atoms with E-state index in [2.05, 4.69) is 13.8 Å². The summed E-state index contributed by atoms with van der Waals surface area (Å²) < 4.78 is 0. The molecular formula is C20H33NO. The van der Waals surface area contributed by atoms with Crippen LogP contribution in [0, 0.1) is 40.4 Å². The molecule has 0 spiro atoms. The number of rotatable bonds is 1. The summed E-state index contributed by atoms with van der Waals surface area (Å²) in [7, 11) is 0. The van der Waals surface area contributed by atoms with Crippen LogP contribution in [0.4, 0.5) is 0 Å². The van der Waals surface area contributed by atoms with Gasteiger partial charge in [0.2, 0.25) is 5.91 Å². The molecule has 22 heavy (non-hydrogen) atoms. The Morgan fingerprint density at radius 2 is 1.64 bits per heavy atom. The molecular weight excluding hydrogens is 270 g/mol. The van der Waals surface area contributed by atoms with Crippen LogP contribution in [0.2, 0.25) is 0 Å². The third-order valence-corrected chi connectivity index (χ3v) is 8.93. The van der Waals surface area contributed by atoms with E-state index >= 15 is 0 Å². The lowest BCUT2D eigenvalue weighted by Gasteiger charge is -2.60. The van der Waals surface area contributed by atoms with Gasteiger partial charge in [0.15, 0.2) is 0 Å². The standard InChI is InChI=1S/C20H33NO/c1-19-11-4-3-5-13(19)6-7-14-15-8-9-17(18(21)22)20(15,2)12-10-16(14)19/h13-17H,3-12H2,1-2H3,(H2,21,22)/t13-,14-,15-,16-,17+,19-,20-/m0/s1. The van der Waals surface area contributed by atoms with Crippen LogP contribution < -0.4 is 5.73 Å². The van der Waals surface area contributed by atoms with Gasteiger partial charge in [0, 0.05) is 5.92 Å². The van der Waals surface area contributed by atoms with E-state index in [-0.39, 0.29) is 17.2 Å². The predicted octanol–water partition coefficient (Wildman–Crippen LogP) is 4.52. The number of nitrogens with two attached hydrogens (primary N) is 1. The van der Waals surface area contributed by atoms with E-state index in [1.807, 2.05) is 0 Å². The molecule has 0 saturated heterocycles. The van der Waals surface area contributed by atoms with Gasteiger partial charge in [0.1, 0.15) is 0 Å². The van der Waals surface area contributed by atoms with Crippen molar-refractivity contribution >= 4 is 5.91 Å². The highest BCUT2D eigenvalue weighted by Crippen LogP contribution is 2.67. The van der Waals surface area contributed by atoms with Crippen LogP contribution in [0.15, 0.2) is 0 Å². The molecule has 2 N–H and O–H groups in total. The Balaban J connectivity index is 1.63. The van der Waals surface area contributed by atoms with Crippen molar-refractivity contribution in [3.8, 4) is 0 Å². The van der Waals surface area contributed by atoms with Gasteiger partial charge in [0.25, 0.3) is 0 Å². The van der Waals surface area contributed by atoms with Crippen molar-refractivity contribution in [3.05, 3.63) is 0 Å². The van der Waals surface area contributed by atoms with E-state index in [4.69, 9.17) is 5.73 Å². The highest BCUT2D eigenvalue weighted by molar-refractivity contribution is 5.78. The summed E-state index contributed by atoms with van der Waals surface area (Å²) in [6.07, 6.45) is 13.6. The van der Waals surface area contributed by atoms with Gasteiger partial charge in [-0.3, -0.25) is 4.79 Å². The maximum Gasteiger partial charge on any atom is 0.221 e. The van der Waals surface area contributed by atoms with Gasteiger partial charge in [-0.15, -0.1) is 0 Å². The lowest BCUT2D eigenvalue weighted by Crippen LogP contribution is -2.53. The summed E-state index contributed by atoms with van der Waals surface area (Å²) >= 11 is 0. The molecule has 0 aromatic heterocycles. The van der Waals surface area contributed by atoms with Gasteiger partial charge in [-0.05, 0) is 85.9 Å². The second kappa shape index (κ2) is 4.98. The molecule has 1 amide bonds. The highest BCUT2D eigenvalue weighted by atomic mass is 16.1. The molecule has 0 bridgehead atoms. The van der Waals surface area contributed by atoms with Gasteiger partial charge in [0.05, 0.1) is 0 Å². The van der Waals surface area contributed by atoms with Crippen LogP contribution in [-0.2, 0) is 4.79 Å². The largest absolute Gasteiger partial charge is 0.369 e. The fraction of sp³-hybridized carbons (Fsp3) is 0.950. The van der Waals surface area contributed by atoms with Crippen LogP contribution in [0.1, 0.15) is 78.1 Å². The van der Waals surface area contributed by atoms with E-state index < -0.39 is 0 Å². The van der Waals surface area contributed by atoms with Crippen molar-refractivity contribution in [3.63, 3.8) is 0 Å². The summed E-state index contributed by atoms with van der Waals surface area (Å²) in [5, 5.41) is 0. The maximum atomic E-state index is 11.9. The van der Waals surface area contributed by atoms with Crippen LogP contribution in [0.5, 0.6) is 0 Å². The van der Waals surface area contributed by atoms with Gasteiger partial charge in [-0.25, -0.2) is 0 Å². The summed E-state index contributed by atoms with van der Waals surface area (Å²) in [6.45, 7) is 5.02. The second-order valence-electron chi connectivity index (χ2n) is 9.48. The molecule has 4 fully saturated rings. The summed E-state index contributed by atoms with van der Waals surface area (Å²) in [5.41, 5.74) is 6.57. The molecule has 4 aliphatic rings. The number of primary amides is 1. The zero-order valence-electron chi connectivity index (χ0n) is 14.4. The Morgan fingerprint density at radius 1 is 0.864 bits per heavy atom. The average molecular weight is 303 g/mol. The van der Waals surface area contributed by atoms with Crippen LogP contribution in [-0.4, -0.2) is 5.91 Å². The molecule has 2 heteroatoms. The molecule has 0 heterocycles. The number of hydrogen-bond donors (Lipinski definition) is 1. The Kier molecular flexibility index (Phi) is 3.40. The predicted molar refractivity (Wildman–Crippen MR) is 89.0 cm³/mol. The fourth-order valence-electron chi connectivity index (χ4n) is 7.76. The van der Waals surface area contributed by atoms with Gasteiger partial charge in [-0.1, -0.05) is 26.7 Å². The van der Waals surface area contributed by atoms with Crippen molar-refractivity contribution in [2.45, 2.75) is 78.1 Å². The van der Waals surface area contributed by atoms with Crippen molar-refractivity contribution in [1.29, 1.82) is 0 Å². The molecule has 0 aromatic rings. The molecule has 4 saturated carbocycles. The zero-order chi connectivity index (χ0) is 15.5. The zero-order valence-corrected chi connectivity index (χ0v) is 14.4. The Morgan fingerprint density at radius 3 is 2.41 bits per heavy atom. The Labute approximate surface area is 135 Å². The lowest BCUT2D eigenvalue weighted by atomic mass is 9.45. The number of amides is 1. The number of carbonyl (C=O) groups excluding carboxylic acids is 1. The highest BCUT2D eigenvalue weighted by Gasteiger charge is 2.60. The maximum absolute atomic E-state index is 11.9. The monoisotopic (exact) mass is 303 g/mol. The minimum Gasteiger partial charge on any atom is -0.369 e. The lowest BCUT2D eigenvalue weighted by molar-refractivity contribution is -0.134. The van der Waals surface area contributed by atoms with Crippen molar-refractivity contribution in [2.24, 2.45) is 46.2 Å². The number of fused-ring (bicyclic) bond motifs is 5. The first-order valence-electron chi connectivity index (χ1n) is 9.76. The molecule has 2 nitrogen and oxygen atoms in total. The molecule has 7 atom stereocenters. The van der Waals surface area contributed by atoms with E-state index in [9.17, 15) is 4.79 Å². The van der Waals surface area contributed by atoms with E-state index in [1.165, 1.54) is 57.8 Å². The number of carbonyl (C=O) groups is 1. The molecule has 0 unspecified atom stereocenters. The van der Waals surface area contributed by atoms with Crippen molar-refractivity contribution in [1.82, 2.24) is 0 Å². The first-order valence-corrected chi connectivity index (χ1v) is 9.76. The Bertz CT molecular complexity index is 474. The second-order valence-corrected chi connectivity index (χ2v) is 9.48. The van der Waals surface area contributed by atoms with Crippen LogP contribution in [0.25, 0.3) is 0 Å². The smallest absolute Gasteiger partial charge is 0.221 e. The Hall–Kier alpha value is -0.530. The third-order valence-electron chi connectivity index (χ3n) is 8.93. The molecule has 4 rings (SSSR count). The van der Waals surface area contributed by atoms with Gasteiger partial charge in [-0.2, -0.15) is 0 Å². The summed E-state index contributed by atoms with van der Waals surface area (Å²) in [6, 6.07) is 0. The SMILES string of the molecule is C[C@]12CCCC[C@H]1CC[C@@H]1[C@@H]2CC[C@]2(C)[C@@H](C(N)=O)CC[C@@H]12. The average Bonchev–Trinajstić information content (AvgIpc) is 2.84. The quantitative estimate of drug-likeness (QED) is 0.760. The molecule has 0 aromatic carbocycles. The summed E-state index contributed by atoms with van der Waals surface area (Å²) in [5.74, 6) is 3.68. The van der Waals surface area contributed by atoms with E-state index in [1.54, 1.807) is 0 Å². The molecule has 0 radical (unpaired) electrons. The van der Waals surface area contributed by atoms with Crippen LogP contribution >= 0.6 is 0 Å². The van der Waals surface area contributed by atoms with Crippen molar-refractivity contribution < 1.29 is 4.79 Å². The third kappa shape index (κ3) is 1.88. The first kappa shape index (κ1) is 15.0. The van der Waals surface area contributed by atoms with E-state index in [0.717, 1.165) is 30.1 Å². The van der Waals surface area contributed by atoms with Gasteiger partial charge >= 0.3 is 0 Å². The molecule has 0 aliphatic heterocycles. The summed E-state index contributed by atoms with van der Waals surface area (Å²) in [4.78, 5) is 11.9. The number of hydrogen-bond acceptors (Lipinski definition) is 1. The normalized spacial score (nSPS) is 54.2. The van der Waals surface area contributed by atoms with Gasteiger partial charge < -0.3 is 5.73 Å². The minimum absolute atomic E-state index is 0.0268. The molecule has 4 aliphatic carbocycles. The first-order chi connectivity index (χ1) is 10.5. The van der Waals surface area contributed by atoms with E-state index in [0.29, 0.717) is 5.41 Å². The fourth-order valence-corrected chi connectivity index (χ4v) is 7.76. The topological polar surface area (TPSA) is 43.1 Å². The minimum atomic E-state index is -0.0268.